The molecule has 3 aromatic carbocycles. The molecule has 4 aromatic rings. The lowest BCUT2D eigenvalue weighted by Gasteiger charge is -2.43. The lowest BCUT2D eigenvalue weighted by Crippen LogP contribution is -2.67. The molecule has 0 unspecified atom stereocenters. The van der Waals surface area contributed by atoms with Crippen LogP contribution in [0.3, 0.4) is 0 Å². The van der Waals surface area contributed by atoms with Crippen molar-refractivity contribution in [3.05, 3.63) is 119 Å². The number of aromatic nitrogens is 2. The molecule has 1 aliphatic rings. The zero-order valence-electron chi connectivity index (χ0n) is 25.6. The van der Waals surface area contributed by atoms with Gasteiger partial charge < -0.3 is 14.5 Å². The number of nitrogens with one attached hydrogen (secondary N) is 1. The van der Waals surface area contributed by atoms with Crippen molar-refractivity contribution in [1.29, 1.82) is 0 Å². The zero-order valence-corrected chi connectivity index (χ0v) is 27.4. The molecule has 2 heterocycles. The summed E-state index contributed by atoms with van der Waals surface area (Å²) in [5, 5.41) is 4.43. The van der Waals surface area contributed by atoms with E-state index in [2.05, 4.69) is 55.3 Å². The summed E-state index contributed by atoms with van der Waals surface area (Å²) in [6.07, 6.45) is -0.0762. The molecule has 0 spiro atoms. The second kappa shape index (κ2) is 13.2. The number of ether oxygens (including phenoxy) is 1. The first-order valence-electron chi connectivity index (χ1n) is 14.6. The Kier molecular flexibility index (Phi) is 9.51. The van der Waals surface area contributed by atoms with E-state index in [-0.39, 0.29) is 23.9 Å². The smallest absolute Gasteiger partial charge is 0.351 e. The molecule has 3 atom stereocenters. The van der Waals surface area contributed by atoms with Crippen LogP contribution in [0.4, 0.5) is 5.82 Å². The fourth-order valence-corrected chi connectivity index (χ4v) is 11.0. The highest BCUT2D eigenvalue weighted by atomic mass is 32.2. The van der Waals surface area contributed by atoms with Crippen molar-refractivity contribution in [2.45, 2.75) is 50.7 Å². The summed E-state index contributed by atoms with van der Waals surface area (Å²) in [5.74, 6) is -0.321. The summed E-state index contributed by atoms with van der Waals surface area (Å²) >= 11 is 0. The molecule has 45 heavy (non-hydrogen) atoms. The molecule has 1 fully saturated rings. The van der Waals surface area contributed by atoms with E-state index in [9.17, 15) is 18.0 Å². The van der Waals surface area contributed by atoms with E-state index in [1.165, 1.54) is 16.8 Å². The molecule has 12 heteroatoms. The van der Waals surface area contributed by atoms with Gasteiger partial charge in [-0.3, -0.25) is 13.5 Å². The normalized spacial score (nSPS) is 18.9. The van der Waals surface area contributed by atoms with Gasteiger partial charge in [0.05, 0.1) is 12.9 Å². The summed E-state index contributed by atoms with van der Waals surface area (Å²) in [6, 6.07) is 30.2. The Balaban J connectivity index is 1.42. The minimum atomic E-state index is -3.86. The van der Waals surface area contributed by atoms with Crippen LogP contribution in [0.25, 0.3) is 0 Å². The van der Waals surface area contributed by atoms with E-state index in [0.29, 0.717) is 5.56 Å². The van der Waals surface area contributed by atoms with Crippen LogP contribution in [0.1, 0.15) is 43.8 Å². The fraction of sp³-hybridized carbons (Fsp3) is 0.303. The Morgan fingerprint density at radius 3 is 2.02 bits per heavy atom. The third-order valence-electron chi connectivity index (χ3n) is 7.78. The molecule has 0 saturated carbocycles. The summed E-state index contributed by atoms with van der Waals surface area (Å²) in [6.45, 7) is 6.46. The summed E-state index contributed by atoms with van der Waals surface area (Å²) in [4.78, 5) is 29.7. The van der Waals surface area contributed by atoms with E-state index in [0.717, 1.165) is 16.6 Å². The molecule has 0 bridgehead atoms. The van der Waals surface area contributed by atoms with Crippen LogP contribution in [-0.2, 0) is 23.5 Å². The van der Waals surface area contributed by atoms with Crippen molar-refractivity contribution in [3.8, 4) is 0 Å². The molecule has 10 nitrogen and oxygen atoms in total. The van der Waals surface area contributed by atoms with Gasteiger partial charge in [-0.25, -0.2) is 4.79 Å². The molecule has 236 valence electrons. The van der Waals surface area contributed by atoms with E-state index < -0.39 is 48.5 Å². The number of carbonyl (C=O) groups excluding carboxylic acids is 1. The number of amides is 1. The highest BCUT2D eigenvalue weighted by molar-refractivity contribution is 7.86. The van der Waals surface area contributed by atoms with E-state index in [1.807, 2.05) is 36.4 Å². The van der Waals surface area contributed by atoms with Crippen LogP contribution in [0.15, 0.2) is 108 Å². The van der Waals surface area contributed by atoms with Gasteiger partial charge in [-0.1, -0.05) is 99.6 Å². The van der Waals surface area contributed by atoms with Crippen molar-refractivity contribution < 1.29 is 26.6 Å². The van der Waals surface area contributed by atoms with Gasteiger partial charge in [0.15, 0.2) is 0 Å². The van der Waals surface area contributed by atoms with Crippen LogP contribution in [-0.4, -0.2) is 57.3 Å². The quantitative estimate of drug-likeness (QED) is 0.204. The summed E-state index contributed by atoms with van der Waals surface area (Å²) in [5.41, 5.74) is -0.246. The third kappa shape index (κ3) is 7.31. The minimum Gasteiger partial charge on any atom is -0.405 e. The molecular formula is C33H37N3O7SSi. The van der Waals surface area contributed by atoms with Gasteiger partial charge in [0, 0.05) is 18.2 Å². The van der Waals surface area contributed by atoms with E-state index in [4.69, 9.17) is 13.3 Å². The Morgan fingerprint density at radius 2 is 1.51 bits per heavy atom. The van der Waals surface area contributed by atoms with Gasteiger partial charge in [-0.05, 0) is 33.6 Å². The summed E-state index contributed by atoms with van der Waals surface area (Å²) < 4.78 is 44.6. The molecule has 1 aromatic heterocycles. The second-order valence-electron chi connectivity index (χ2n) is 12.0. The van der Waals surface area contributed by atoms with Gasteiger partial charge in [-0.15, -0.1) is 0 Å². The number of benzene rings is 3. The topological polar surface area (TPSA) is 126 Å². The Morgan fingerprint density at radius 1 is 0.956 bits per heavy atom. The van der Waals surface area contributed by atoms with Crippen LogP contribution in [0.2, 0.25) is 5.04 Å². The lowest BCUT2D eigenvalue weighted by atomic mass is 10.2. The zero-order chi connectivity index (χ0) is 32.2. The fourth-order valence-electron chi connectivity index (χ4n) is 5.80. The SMILES string of the molecule is CC(C)(C)[Si](OC[C@H]1O[C@H](n2ccc(NC(=O)c3ccccc3)nc2=O)C[C@@H]1OS(C)(=O)=O)(c1ccccc1)c1ccccc1. The molecule has 0 radical (unpaired) electrons. The van der Waals surface area contributed by atoms with Crippen molar-refractivity contribution in [2.75, 3.05) is 18.2 Å². The maximum Gasteiger partial charge on any atom is 0.351 e. The first-order valence-corrected chi connectivity index (χ1v) is 18.3. The van der Waals surface area contributed by atoms with Crippen molar-refractivity contribution >= 4 is 40.5 Å². The Bertz CT molecular complexity index is 1740. The number of anilines is 1. The maximum absolute atomic E-state index is 13.1. The van der Waals surface area contributed by atoms with Crippen LogP contribution in [0.5, 0.6) is 0 Å². The predicted octanol–water partition coefficient (Wildman–Crippen LogP) is 3.70. The number of hydrogen-bond acceptors (Lipinski definition) is 8. The monoisotopic (exact) mass is 647 g/mol. The average molecular weight is 648 g/mol. The number of hydrogen-bond donors (Lipinski definition) is 1. The van der Waals surface area contributed by atoms with Gasteiger partial charge in [0.2, 0.25) is 0 Å². The number of nitrogens with zero attached hydrogens (tertiary/aromatic N) is 2. The Labute approximate surface area is 264 Å². The largest absolute Gasteiger partial charge is 0.405 e. The molecule has 1 N–H and O–H groups in total. The number of rotatable bonds is 10. The van der Waals surface area contributed by atoms with Crippen LogP contribution in [0, 0.1) is 0 Å². The predicted molar refractivity (Wildman–Crippen MR) is 175 cm³/mol. The molecule has 1 saturated heterocycles. The van der Waals surface area contributed by atoms with E-state index >= 15 is 0 Å². The molecule has 1 aliphatic heterocycles. The summed E-state index contributed by atoms with van der Waals surface area (Å²) in [7, 11) is -6.84. The molecule has 5 rings (SSSR count). The maximum atomic E-state index is 13.1. The van der Waals surface area contributed by atoms with Crippen molar-refractivity contribution in [2.24, 2.45) is 0 Å². The number of carbonyl (C=O) groups is 1. The van der Waals surface area contributed by atoms with Crippen molar-refractivity contribution in [1.82, 2.24) is 9.55 Å². The van der Waals surface area contributed by atoms with Gasteiger partial charge in [0.1, 0.15) is 24.3 Å². The van der Waals surface area contributed by atoms with Gasteiger partial charge in [-0.2, -0.15) is 13.4 Å². The first kappa shape index (κ1) is 32.5. The van der Waals surface area contributed by atoms with E-state index in [1.54, 1.807) is 30.3 Å². The third-order valence-corrected chi connectivity index (χ3v) is 13.4. The van der Waals surface area contributed by atoms with Crippen molar-refractivity contribution in [3.63, 3.8) is 0 Å². The van der Waals surface area contributed by atoms with Crippen LogP contribution < -0.4 is 21.4 Å². The Hall–Kier alpha value is -3.94. The lowest BCUT2D eigenvalue weighted by molar-refractivity contribution is -0.0380. The average Bonchev–Trinajstić information content (AvgIpc) is 3.39. The minimum absolute atomic E-state index is 0.0252. The van der Waals surface area contributed by atoms with Gasteiger partial charge >= 0.3 is 5.69 Å². The molecular weight excluding hydrogens is 611 g/mol. The highest BCUT2D eigenvalue weighted by Crippen LogP contribution is 2.38. The van der Waals surface area contributed by atoms with Gasteiger partial charge in [0.25, 0.3) is 24.3 Å². The molecule has 0 aliphatic carbocycles. The standard InChI is InChI=1S/C33H37N3O7SSi/c1-33(2,3)45(25-16-10-6-11-17-25,26-18-12-7-13-19-26)41-23-28-27(43-44(4,39)40)22-30(42-28)36-21-20-29(35-32(36)38)34-31(37)24-14-8-5-9-15-24/h5-21,27-28,30H,22-23H2,1-4H3,(H,34,35,37,38)/t27-,28+,30-/m0/s1. The van der Waals surface area contributed by atoms with Crippen LogP contribution >= 0.6 is 0 Å². The molecule has 1 amide bonds. The highest BCUT2D eigenvalue weighted by Gasteiger charge is 2.51. The first-order chi connectivity index (χ1) is 21.4. The second-order valence-corrected chi connectivity index (χ2v) is 17.9.